The van der Waals surface area contributed by atoms with Crippen LogP contribution < -0.4 is 5.43 Å². The monoisotopic (exact) mass is 383 g/mol. The Morgan fingerprint density at radius 3 is 2.41 bits per heavy atom. The van der Waals surface area contributed by atoms with Crippen LogP contribution in [0.2, 0.25) is 0 Å². The Balaban J connectivity index is 1.88. The molecule has 0 aliphatic heterocycles. The van der Waals surface area contributed by atoms with E-state index in [9.17, 15) is 9.59 Å². The summed E-state index contributed by atoms with van der Waals surface area (Å²) in [5.41, 5.74) is 2.87. The maximum atomic E-state index is 12.6. The van der Waals surface area contributed by atoms with E-state index >= 15 is 0 Å². The van der Waals surface area contributed by atoms with Crippen LogP contribution in [0.1, 0.15) is 21.5 Å². The minimum atomic E-state index is -0.403. The van der Waals surface area contributed by atoms with Crippen LogP contribution in [0.15, 0.2) is 76.1 Å². The molecular weight excluding hydrogens is 366 g/mol. The Morgan fingerprint density at radius 1 is 1.00 bits per heavy atom. The van der Waals surface area contributed by atoms with Gasteiger partial charge in [0.05, 0.1) is 18.2 Å². The lowest BCUT2D eigenvalue weighted by molar-refractivity contribution is 0.0600. The predicted molar refractivity (Wildman–Crippen MR) is 111 cm³/mol. The number of hydrogen-bond donors (Lipinski definition) is 0. The van der Waals surface area contributed by atoms with Crippen molar-refractivity contribution in [2.75, 3.05) is 7.11 Å². The highest BCUT2D eigenvalue weighted by atomic mass is 16.5. The lowest BCUT2D eigenvalue weighted by atomic mass is 10.1. The van der Waals surface area contributed by atoms with Gasteiger partial charge in [-0.05, 0) is 24.3 Å². The van der Waals surface area contributed by atoms with Crippen LogP contribution in [-0.4, -0.2) is 17.6 Å². The van der Waals surface area contributed by atoms with Gasteiger partial charge in [-0.15, -0.1) is 0 Å². The Morgan fingerprint density at radius 2 is 1.72 bits per heavy atom. The number of fused-ring (bicyclic) bond motifs is 1. The summed E-state index contributed by atoms with van der Waals surface area (Å²) in [4.78, 5) is 24.1. The molecule has 0 N–H and O–H groups in total. The number of rotatable bonds is 2. The molecule has 29 heavy (non-hydrogen) atoms. The Bertz CT molecular complexity index is 1320. The van der Waals surface area contributed by atoms with E-state index in [2.05, 4.69) is 11.8 Å². The molecule has 0 radical (unpaired) electrons. The second kappa shape index (κ2) is 7.53. The first-order valence-electron chi connectivity index (χ1n) is 8.96. The summed E-state index contributed by atoms with van der Waals surface area (Å²) in [6.45, 7) is 0. The highest BCUT2D eigenvalue weighted by molar-refractivity contribution is 5.90. The number of hydrogen-bond acceptors (Lipinski definition) is 4. The minimum Gasteiger partial charge on any atom is -0.465 e. The normalized spacial score (nSPS) is 10.4. The molecule has 0 atom stereocenters. The van der Waals surface area contributed by atoms with Crippen LogP contribution >= 0.6 is 0 Å². The summed E-state index contributed by atoms with van der Waals surface area (Å²) >= 11 is 0. The number of carbonyl (C=O) groups is 1. The van der Waals surface area contributed by atoms with Crippen molar-refractivity contribution < 1.29 is 13.9 Å². The van der Waals surface area contributed by atoms with Gasteiger partial charge in [-0.3, -0.25) is 4.79 Å². The summed E-state index contributed by atoms with van der Waals surface area (Å²) in [6, 6.07) is 17.8. The van der Waals surface area contributed by atoms with Gasteiger partial charge in [-0.25, -0.2) is 4.79 Å². The quantitative estimate of drug-likeness (QED) is 0.388. The van der Waals surface area contributed by atoms with Crippen molar-refractivity contribution in [1.82, 2.24) is 4.57 Å². The summed E-state index contributed by atoms with van der Waals surface area (Å²) < 4.78 is 12.5. The third-order valence-corrected chi connectivity index (χ3v) is 4.58. The molecule has 0 spiro atoms. The summed E-state index contributed by atoms with van der Waals surface area (Å²) in [6.07, 6.45) is 1.67. The van der Waals surface area contributed by atoms with Crippen molar-refractivity contribution in [3.05, 3.63) is 93.8 Å². The number of methoxy groups -OCH3 is 1. The van der Waals surface area contributed by atoms with Crippen LogP contribution in [0.5, 0.6) is 0 Å². The van der Waals surface area contributed by atoms with E-state index in [4.69, 9.17) is 9.15 Å². The largest absolute Gasteiger partial charge is 0.465 e. The van der Waals surface area contributed by atoms with Gasteiger partial charge >= 0.3 is 5.97 Å². The van der Waals surface area contributed by atoms with E-state index in [0.29, 0.717) is 33.6 Å². The maximum absolute atomic E-state index is 12.6. The average molecular weight is 383 g/mol. The summed E-state index contributed by atoms with van der Waals surface area (Å²) in [5, 5.41) is 0.451. The number of pyridine rings is 1. The summed E-state index contributed by atoms with van der Waals surface area (Å²) in [7, 11) is 3.16. The first-order valence-corrected chi connectivity index (χ1v) is 8.96. The van der Waals surface area contributed by atoms with E-state index < -0.39 is 5.97 Å². The van der Waals surface area contributed by atoms with E-state index in [1.165, 1.54) is 13.2 Å². The predicted octanol–water partition coefficient (Wildman–Crippen LogP) is 3.98. The fourth-order valence-corrected chi connectivity index (χ4v) is 3.08. The number of carbonyl (C=O) groups excluding carboxylic acids is 1. The van der Waals surface area contributed by atoms with Gasteiger partial charge in [0.25, 0.3) is 0 Å². The van der Waals surface area contributed by atoms with Crippen LogP contribution in [-0.2, 0) is 11.8 Å². The van der Waals surface area contributed by atoms with Crippen molar-refractivity contribution in [3.63, 3.8) is 0 Å². The minimum absolute atomic E-state index is 0.144. The fourth-order valence-electron chi connectivity index (χ4n) is 3.08. The number of ether oxygens (including phenoxy) is 1. The SMILES string of the molecule is COC(=O)c1ccc(C#Cc2c(-c3ccccc3)oc3c2c(=O)ccn3C)cc1. The molecule has 0 fully saturated rings. The lowest BCUT2D eigenvalue weighted by Gasteiger charge is -1.98. The highest BCUT2D eigenvalue weighted by Gasteiger charge is 2.18. The summed E-state index contributed by atoms with van der Waals surface area (Å²) in [5.74, 6) is 6.33. The van der Waals surface area contributed by atoms with E-state index in [1.807, 2.05) is 37.4 Å². The average Bonchev–Trinajstić information content (AvgIpc) is 3.16. The van der Waals surface area contributed by atoms with Gasteiger partial charge in [-0.2, -0.15) is 0 Å². The van der Waals surface area contributed by atoms with E-state index in [0.717, 1.165) is 5.56 Å². The van der Waals surface area contributed by atoms with Gasteiger partial charge in [0.1, 0.15) is 5.39 Å². The van der Waals surface area contributed by atoms with Gasteiger partial charge in [0.15, 0.2) is 11.2 Å². The second-order valence-electron chi connectivity index (χ2n) is 6.46. The zero-order valence-corrected chi connectivity index (χ0v) is 15.9. The second-order valence-corrected chi connectivity index (χ2v) is 6.46. The number of benzene rings is 2. The maximum Gasteiger partial charge on any atom is 0.337 e. The van der Waals surface area contributed by atoms with Crippen molar-refractivity contribution in [2.24, 2.45) is 7.05 Å². The van der Waals surface area contributed by atoms with Crippen LogP contribution in [0, 0.1) is 11.8 Å². The fraction of sp³-hybridized carbons (Fsp3) is 0.0833. The number of esters is 1. The lowest BCUT2D eigenvalue weighted by Crippen LogP contribution is -2.04. The van der Waals surface area contributed by atoms with Gasteiger partial charge in [-0.1, -0.05) is 42.2 Å². The Labute approximate surface area is 167 Å². The Hall–Kier alpha value is -4.04. The molecule has 5 heteroatoms. The molecular formula is C24H17NO4. The molecule has 2 aromatic carbocycles. The molecule has 142 valence electrons. The highest BCUT2D eigenvalue weighted by Crippen LogP contribution is 2.31. The molecule has 4 rings (SSSR count). The molecule has 0 bridgehead atoms. The molecule has 2 aromatic heterocycles. The van der Waals surface area contributed by atoms with Gasteiger partial charge in [0, 0.05) is 30.4 Å². The molecule has 0 aliphatic carbocycles. The first kappa shape index (κ1) is 18.3. The number of furan rings is 1. The number of nitrogens with zero attached hydrogens (tertiary/aromatic N) is 1. The molecule has 4 aromatic rings. The van der Waals surface area contributed by atoms with Crippen molar-refractivity contribution >= 4 is 17.1 Å². The van der Waals surface area contributed by atoms with E-state index in [-0.39, 0.29) is 5.43 Å². The first-order chi connectivity index (χ1) is 14.1. The Kier molecular flexibility index (Phi) is 4.76. The standard InChI is InChI=1S/C24H17NO4/c1-25-15-14-20(26)21-19(22(29-23(21)25)17-6-4-3-5-7-17)13-10-16-8-11-18(12-9-16)24(27)28-2/h3-9,11-12,14-15H,1-2H3. The van der Waals surface area contributed by atoms with Gasteiger partial charge in [0.2, 0.25) is 5.71 Å². The zero-order valence-electron chi connectivity index (χ0n) is 15.9. The zero-order chi connectivity index (χ0) is 20.4. The molecule has 0 saturated heterocycles. The van der Waals surface area contributed by atoms with Crippen molar-refractivity contribution in [2.45, 2.75) is 0 Å². The van der Waals surface area contributed by atoms with Gasteiger partial charge < -0.3 is 13.7 Å². The number of aryl methyl sites for hydroxylation is 1. The molecule has 0 unspecified atom stereocenters. The molecule has 2 heterocycles. The third kappa shape index (κ3) is 3.44. The topological polar surface area (TPSA) is 61.4 Å². The van der Waals surface area contributed by atoms with Crippen LogP contribution in [0.4, 0.5) is 0 Å². The van der Waals surface area contributed by atoms with Crippen molar-refractivity contribution in [3.8, 4) is 23.2 Å². The van der Waals surface area contributed by atoms with E-state index in [1.54, 1.807) is 35.0 Å². The third-order valence-electron chi connectivity index (χ3n) is 4.58. The van der Waals surface area contributed by atoms with Crippen LogP contribution in [0.3, 0.4) is 0 Å². The molecule has 5 nitrogen and oxygen atoms in total. The smallest absolute Gasteiger partial charge is 0.337 e. The molecule has 0 saturated carbocycles. The number of aromatic nitrogens is 1. The molecule has 0 aliphatic rings. The van der Waals surface area contributed by atoms with Crippen LogP contribution in [0.25, 0.3) is 22.4 Å². The molecule has 0 amide bonds. The van der Waals surface area contributed by atoms with Crippen molar-refractivity contribution in [1.29, 1.82) is 0 Å².